The lowest BCUT2D eigenvalue weighted by molar-refractivity contribution is -0.145. The number of rotatable bonds is 5. The molecule has 0 radical (unpaired) electrons. The monoisotopic (exact) mass is 396 g/mol. The first kappa shape index (κ1) is 20.6. The molecule has 1 saturated heterocycles. The SMILES string of the molecule is CN=C(NCc1ccc(Cn2ccccc2=O)cc1)N1CC(C)C(C(=O)OC)C1. The first-order valence-electron chi connectivity index (χ1n) is 9.78. The molecule has 154 valence electrons. The second-order valence-electron chi connectivity index (χ2n) is 7.40. The molecule has 1 aromatic heterocycles. The Morgan fingerprint density at radius 3 is 2.55 bits per heavy atom. The molecule has 0 amide bonds. The number of ether oxygens (including phenoxy) is 1. The molecule has 0 aliphatic carbocycles. The maximum Gasteiger partial charge on any atom is 0.310 e. The van der Waals surface area contributed by atoms with Crippen LogP contribution >= 0.6 is 0 Å². The topological polar surface area (TPSA) is 75.9 Å². The van der Waals surface area contributed by atoms with Crippen molar-refractivity contribution in [1.29, 1.82) is 0 Å². The van der Waals surface area contributed by atoms with E-state index in [9.17, 15) is 9.59 Å². The molecule has 1 fully saturated rings. The molecule has 3 rings (SSSR count). The molecule has 0 spiro atoms. The molecular weight excluding hydrogens is 368 g/mol. The van der Waals surface area contributed by atoms with E-state index in [4.69, 9.17) is 4.74 Å². The van der Waals surface area contributed by atoms with Gasteiger partial charge in [-0.3, -0.25) is 14.6 Å². The van der Waals surface area contributed by atoms with Crippen LogP contribution in [0.5, 0.6) is 0 Å². The van der Waals surface area contributed by atoms with E-state index in [2.05, 4.69) is 22.1 Å². The third-order valence-corrected chi connectivity index (χ3v) is 5.35. The van der Waals surface area contributed by atoms with Crippen LogP contribution in [0.2, 0.25) is 0 Å². The Morgan fingerprint density at radius 2 is 1.90 bits per heavy atom. The highest BCUT2D eigenvalue weighted by molar-refractivity contribution is 5.82. The van der Waals surface area contributed by atoms with Gasteiger partial charge in [0.15, 0.2) is 5.96 Å². The Labute approximate surface area is 171 Å². The van der Waals surface area contributed by atoms with Crippen molar-refractivity contribution in [2.24, 2.45) is 16.8 Å². The molecular formula is C22H28N4O3. The van der Waals surface area contributed by atoms with Crippen LogP contribution in [-0.4, -0.2) is 48.6 Å². The van der Waals surface area contributed by atoms with Crippen LogP contribution in [0.25, 0.3) is 0 Å². The number of esters is 1. The van der Waals surface area contributed by atoms with E-state index in [1.807, 2.05) is 30.3 Å². The maximum absolute atomic E-state index is 11.9. The van der Waals surface area contributed by atoms with Gasteiger partial charge in [0.05, 0.1) is 19.6 Å². The first-order valence-corrected chi connectivity index (χ1v) is 9.78. The van der Waals surface area contributed by atoms with Gasteiger partial charge in [0, 0.05) is 38.9 Å². The lowest BCUT2D eigenvalue weighted by Crippen LogP contribution is -2.40. The number of pyridine rings is 1. The van der Waals surface area contributed by atoms with Gasteiger partial charge < -0.3 is 19.5 Å². The summed E-state index contributed by atoms with van der Waals surface area (Å²) >= 11 is 0. The molecule has 1 aliphatic rings. The highest BCUT2D eigenvalue weighted by Crippen LogP contribution is 2.24. The minimum Gasteiger partial charge on any atom is -0.469 e. The summed E-state index contributed by atoms with van der Waals surface area (Å²) in [7, 11) is 3.18. The third-order valence-electron chi connectivity index (χ3n) is 5.35. The molecule has 2 aromatic rings. The number of carbonyl (C=O) groups is 1. The smallest absolute Gasteiger partial charge is 0.310 e. The largest absolute Gasteiger partial charge is 0.469 e. The summed E-state index contributed by atoms with van der Waals surface area (Å²) in [6, 6.07) is 13.3. The fraction of sp³-hybridized carbons (Fsp3) is 0.409. The van der Waals surface area contributed by atoms with Crippen molar-refractivity contribution in [3.63, 3.8) is 0 Å². The molecule has 2 heterocycles. The first-order chi connectivity index (χ1) is 14.0. The van der Waals surface area contributed by atoms with Gasteiger partial charge in [0.2, 0.25) is 0 Å². The van der Waals surface area contributed by atoms with Crippen LogP contribution in [0.3, 0.4) is 0 Å². The van der Waals surface area contributed by atoms with Crippen LogP contribution in [0.4, 0.5) is 0 Å². The van der Waals surface area contributed by atoms with Crippen molar-refractivity contribution < 1.29 is 9.53 Å². The Bertz CT molecular complexity index is 920. The molecule has 7 heteroatoms. The number of methoxy groups -OCH3 is 1. The second kappa shape index (κ2) is 9.41. The molecule has 1 aliphatic heterocycles. The number of aromatic nitrogens is 1. The van der Waals surface area contributed by atoms with Crippen LogP contribution < -0.4 is 10.9 Å². The summed E-state index contributed by atoms with van der Waals surface area (Å²) in [4.78, 5) is 30.2. The molecule has 1 N–H and O–H groups in total. The summed E-state index contributed by atoms with van der Waals surface area (Å²) in [6.45, 7) is 4.62. The summed E-state index contributed by atoms with van der Waals surface area (Å²) in [6.07, 6.45) is 1.79. The maximum atomic E-state index is 11.9. The number of carbonyl (C=O) groups excluding carboxylic acids is 1. The summed E-state index contributed by atoms with van der Waals surface area (Å²) in [5.41, 5.74) is 2.18. The molecule has 0 saturated carbocycles. The fourth-order valence-electron chi connectivity index (χ4n) is 3.66. The minimum atomic E-state index is -0.163. The summed E-state index contributed by atoms with van der Waals surface area (Å²) < 4.78 is 6.59. The van der Waals surface area contributed by atoms with Gasteiger partial charge in [-0.05, 0) is 23.1 Å². The van der Waals surface area contributed by atoms with Crippen molar-refractivity contribution in [2.45, 2.75) is 20.0 Å². The highest BCUT2D eigenvalue weighted by Gasteiger charge is 2.36. The Kier molecular flexibility index (Phi) is 6.69. The Morgan fingerprint density at radius 1 is 1.17 bits per heavy atom. The normalized spacial score (nSPS) is 19.3. The standard InChI is InChI=1S/C22H28N4O3/c1-16-13-26(15-19(16)21(28)29-3)22(23-2)24-12-17-7-9-18(10-8-17)14-25-11-5-4-6-20(25)27/h4-11,16,19H,12-15H2,1-3H3,(H,23,24). The number of nitrogens with one attached hydrogen (secondary N) is 1. The van der Waals surface area contributed by atoms with Gasteiger partial charge in [0.1, 0.15) is 0 Å². The number of benzene rings is 1. The van der Waals surface area contributed by atoms with E-state index in [1.54, 1.807) is 29.9 Å². The van der Waals surface area contributed by atoms with Gasteiger partial charge >= 0.3 is 5.97 Å². The van der Waals surface area contributed by atoms with Gasteiger partial charge in [-0.15, -0.1) is 0 Å². The number of likely N-dealkylation sites (tertiary alicyclic amines) is 1. The number of aliphatic imine (C=N–C) groups is 1. The molecule has 29 heavy (non-hydrogen) atoms. The van der Waals surface area contributed by atoms with Crippen LogP contribution in [0.1, 0.15) is 18.1 Å². The lowest BCUT2D eigenvalue weighted by atomic mass is 9.99. The number of hydrogen-bond acceptors (Lipinski definition) is 4. The van der Waals surface area contributed by atoms with E-state index < -0.39 is 0 Å². The predicted octanol–water partition coefficient (Wildman–Crippen LogP) is 1.71. The number of nitrogens with zero attached hydrogens (tertiary/aromatic N) is 3. The van der Waals surface area contributed by atoms with Gasteiger partial charge in [-0.1, -0.05) is 37.3 Å². The van der Waals surface area contributed by atoms with E-state index in [0.29, 0.717) is 19.6 Å². The van der Waals surface area contributed by atoms with E-state index >= 15 is 0 Å². The average molecular weight is 396 g/mol. The Hall–Kier alpha value is -3.09. The van der Waals surface area contributed by atoms with Crippen molar-refractivity contribution in [1.82, 2.24) is 14.8 Å². The number of hydrogen-bond donors (Lipinski definition) is 1. The fourth-order valence-corrected chi connectivity index (χ4v) is 3.66. The minimum absolute atomic E-state index is 0.00728. The zero-order valence-corrected chi connectivity index (χ0v) is 17.2. The van der Waals surface area contributed by atoms with Crippen molar-refractivity contribution in [3.8, 4) is 0 Å². The second-order valence-corrected chi connectivity index (χ2v) is 7.40. The van der Waals surface area contributed by atoms with E-state index in [1.165, 1.54) is 7.11 Å². The summed E-state index contributed by atoms with van der Waals surface area (Å²) in [5.74, 6) is 0.715. The van der Waals surface area contributed by atoms with Crippen LogP contribution in [0.15, 0.2) is 58.4 Å². The molecule has 2 unspecified atom stereocenters. The summed E-state index contributed by atoms with van der Waals surface area (Å²) in [5, 5.41) is 3.37. The average Bonchev–Trinajstić information content (AvgIpc) is 3.12. The molecule has 2 atom stereocenters. The van der Waals surface area contributed by atoms with Gasteiger partial charge in [-0.25, -0.2) is 0 Å². The quantitative estimate of drug-likeness (QED) is 0.473. The third kappa shape index (κ3) is 5.04. The van der Waals surface area contributed by atoms with Crippen molar-refractivity contribution >= 4 is 11.9 Å². The van der Waals surface area contributed by atoms with E-state index in [-0.39, 0.29) is 23.4 Å². The predicted molar refractivity (Wildman–Crippen MR) is 113 cm³/mol. The van der Waals surface area contributed by atoms with Crippen LogP contribution in [-0.2, 0) is 22.6 Å². The van der Waals surface area contributed by atoms with Crippen molar-refractivity contribution in [3.05, 3.63) is 70.1 Å². The molecule has 1 aromatic carbocycles. The highest BCUT2D eigenvalue weighted by atomic mass is 16.5. The van der Waals surface area contributed by atoms with Gasteiger partial charge in [-0.2, -0.15) is 0 Å². The zero-order valence-electron chi connectivity index (χ0n) is 17.2. The van der Waals surface area contributed by atoms with Gasteiger partial charge in [0.25, 0.3) is 5.56 Å². The van der Waals surface area contributed by atoms with E-state index in [0.717, 1.165) is 23.6 Å². The Balaban J connectivity index is 1.57. The number of guanidine groups is 1. The van der Waals surface area contributed by atoms with Crippen LogP contribution in [0, 0.1) is 11.8 Å². The van der Waals surface area contributed by atoms with Crippen molar-refractivity contribution in [2.75, 3.05) is 27.2 Å². The molecule has 7 nitrogen and oxygen atoms in total. The lowest BCUT2D eigenvalue weighted by Gasteiger charge is -2.21. The zero-order chi connectivity index (χ0) is 20.8. The molecule has 0 bridgehead atoms.